The Balaban J connectivity index is 1.80. The van der Waals surface area contributed by atoms with E-state index in [0.717, 1.165) is 12.8 Å². The van der Waals surface area contributed by atoms with Gasteiger partial charge < -0.3 is 10.2 Å². The van der Waals surface area contributed by atoms with Crippen molar-refractivity contribution >= 4 is 0 Å². The van der Waals surface area contributed by atoms with Crippen LogP contribution in [0.5, 0.6) is 0 Å². The predicted octanol–water partition coefficient (Wildman–Crippen LogP) is 3.72. The van der Waals surface area contributed by atoms with Gasteiger partial charge in [0, 0.05) is 17.8 Å². The lowest BCUT2D eigenvalue weighted by atomic mass is 9.53. The Kier molecular flexibility index (Phi) is 2.70. The highest BCUT2D eigenvalue weighted by molar-refractivity contribution is 5.40. The van der Waals surface area contributed by atoms with Crippen LogP contribution in [0.25, 0.3) is 0 Å². The van der Waals surface area contributed by atoms with Crippen LogP contribution in [0.1, 0.15) is 52.4 Å². The van der Waals surface area contributed by atoms with Crippen LogP contribution < -0.4 is 0 Å². The summed E-state index contributed by atoms with van der Waals surface area (Å²) in [6, 6.07) is 0. The van der Waals surface area contributed by atoms with Crippen LogP contribution in [-0.2, 0) is 0 Å². The van der Waals surface area contributed by atoms with Gasteiger partial charge in [0.1, 0.15) is 0 Å². The SMILES string of the molecule is C[C@@]12CC=C[C@H]1C1=C(CC2)[C@@]2(C)C=CC(O)(O)CC2CC1. The molecule has 2 N–H and O–H groups in total. The maximum Gasteiger partial charge on any atom is 0.182 e. The van der Waals surface area contributed by atoms with Gasteiger partial charge in [0.2, 0.25) is 0 Å². The van der Waals surface area contributed by atoms with Gasteiger partial charge in [-0.15, -0.1) is 0 Å². The molecule has 0 aromatic carbocycles. The van der Waals surface area contributed by atoms with Crippen LogP contribution in [0.2, 0.25) is 0 Å². The molecule has 0 saturated carbocycles. The van der Waals surface area contributed by atoms with E-state index < -0.39 is 5.79 Å². The molecule has 4 aliphatic carbocycles. The smallest absolute Gasteiger partial charge is 0.182 e. The minimum atomic E-state index is -1.60. The van der Waals surface area contributed by atoms with E-state index >= 15 is 0 Å². The molecular weight excluding hydrogens is 260 g/mol. The summed E-state index contributed by atoms with van der Waals surface area (Å²) in [6.07, 6.45) is 14.9. The Morgan fingerprint density at radius 3 is 2.76 bits per heavy atom. The number of aliphatic hydroxyl groups is 2. The van der Waals surface area contributed by atoms with Gasteiger partial charge in [-0.2, -0.15) is 0 Å². The van der Waals surface area contributed by atoms with Gasteiger partial charge in [-0.3, -0.25) is 0 Å². The fourth-order valence-electron chi connectivity index (χ4n) is 5.47. The minimum absolute atomic E-state index is 0.0420. The average molecular weight is 286 g/mol. The number of hydrogen-bond acceptors (Lipinski definition) is 2. The fourth-order valence-corrected chi connectivity index (χ4v) is 5.47. The lowest BCUT2D eigenvalue weighted by Gasteiger charge is -2.52. The number of hydrogen-bond donors (Lipinski definition) is 2. The molecule has 0 spiro atoms. The Morgan fingerprint density at radius 2 is 1.95 bits per heavy atom. The molecule has 0 amide bonds. The van der Waals surface area contributed by atoms with Crippen molar-refractivity contribution in [3.63, 3.8) is 0 Å². The van der Waals surface area contributed by atoms with E-state index in [1.54, 1.807) is 17.2 Å². The first-order valence-electron chi connectivity index (χ1n) is 8.38. The number of allylic oxidation sites excluding steroid dienone is 5. The summed E-state index contributed by atoms with van der Waals surface area (Å²) in [6.45, 7) is 4.76. The van der Waals surface area contributed by atoms with Gasteiger partial charge in [-0.1, -0.05) is 43.2 Å². The molecule has 4 atom stereocenters. The van der Waals surface area contributed by atoms with Crippen LogP contribution in [0.15, 0.2) is 35.5 Å². The Labute approximate surface area is 127 Å². The highest BCUT2D eigenvalue weighted by Crippen LogP contribution is 2.61. The van der Waals surface area contributed by atoms with Gasteiger partial charge in [0.25, 0.3) is 0 Å². The lowest BCUT2D eigenvalue weighted by Crippen LogP contribution is -2.45. The first-order chi connectivity index (χ1) is 9.84. The molecule has 1 unspecified atom stereocenters. The zero-order valence-corrected chi connectivity index (χ0v) is 13.1. The van der Waals surface area contributed by atoms with Crippen molar-refractivity contribution in [3.8, 4) is 0 Å². The Bertz CT molecular complexity index is 568. The monoisotopic (exact) mass is 286 g/mol. The summed E-state index contributed by atoms with van der Waals surface area (Å²) in [5, 5.41) is 19.9. The lowest BCUT2D eigenvalue weighted by molar-refractivity contribution is -0.146. The molecule has 0 aromatic rings. The maximum absolute atomic E-state index is 9.96. The summed E-state index contributed by atoms with van der Waals surface area (Å²) in [5.74, 6) is -0.605. The molecule has 114 valence electrons. The van der Waals surface area contributed by atoms with Crippen molar-refractivity contribution in [2.24, 2.45) is 22.7 Å². The molecule has 0 fully saturated rings. The molecular formula is C19H26O2. The van der Waals surface area contributed by atoms with E-state index in [9.17, 15) is 10.2 Å². The Hall–Kier alpha value is -0.860. The average Bonchev–Trinajstić information content (AvgIpc) is 2.81. The highest BCUT2D eigenvalue weighted by atomic mass is 16.5. The standard InChI is InChI=1S/C19H26O2/c1-17-8-3-4-15(17)14-6-5-13-12-19(20,21)11-10-18(13,2)16(14)7-9-17/h3-4,10-11,13,15,20-21H,5-9,12H2,1-2H3/t13?,15-,17-,18-/m0/s1. The summed E-state index contributed by atoms with van der Waals surface area (Å²) >= 11 is 0. The molecule has 0 saturated heterocycles. The number of fused-ring (bicyclic) bond motifs is 4. The molecule has 4 aliphatic rings. The van der Waals surface area contributed by atoms with Gasteiger partial charge in [0.15, 0.2) is 5.79 Å². The van der Waals surface area contributed by atoms with Gasteiger partial charge >= 0.3 is 0 Å². The van der Waals surface area contributed by atoms with Gasteiger partial charge in [-0.25, -0.2) is 0 Å². The van der Waals surface area contributed by atoms with E-state index in [1.165, 1.54) is 19.3 Å². The highest BCUT2D eigenvalue weighted by Gasteiger charge is 2.51. The van der Waals surface area contributed by atoms with E-state index in [4.69, 9.17) is 0 Å². The Morgan fingerprint density at radius 1 is 1.14 bits per heavy atom. The van der Waals surface area contributed by atoms with Crippen molar-refractivity contribution in [3.05, 3.63) is 35.5 Å². The summed E-state index contributed by atoms with van der Waals surface area (Å²) < 4.78 is 0. The van der Waals surface area contributed by atoms with Gasteiger partial charge in [0.05, 0.1) is 0 Å². The van der Waals surface area contributed by atoms with Crippen molar-refractivity contribution in [2.75, 3.05) is 0 Å². The molecule has 0 aliphatic heterocycles. The first-order valence-corrected chi connectivity index (χ1v) is 8.38. The molecule has 0 heterocycles. The topological polar surface area (TPSA) is 40.5 Å². The third kappa shape index (κ3) is 1.85. The van der Waals surface area contributed by atoms with Crippen LogP contribution in [0, 0.1) is 22.7 Å². The van der Waals surface area contributed by atoms with Crippen LogP contribution in [0.4, 0.5) is 0 Å². The first kappa shape index (κ1) is 13.8. The molecule has 2 nitrogen and oxygen atoms in total. The third-order valence-corrected chi connectivity index (χ3v) is 6.88. The van der Waals surface area contributed by atoms with E-state index in [0.29, 0.717) is 23.7 Å². The quantitative estimate of drug-likeness (QED) is 0.526. The predicted molar refractivity (Wildman–Crippen MR) is 83.4 cm³/mol. The van der Waals surface area contributed by atoms with Crippen LogP contribution in [0.3, 0.4) is 0 Å². The van der Waals surface area contributed by atoms with Crippen LogP contribution >= 0.6 is 0 Å². The summed E-state index contributed by atoms with van der Waals surface area (Å²) in [4.78, 5) is 0. The summed E-state index contributed by atoms with van der Waals surface area (Å²) in [5.41, 5.74) is 3.77. The van der Waals surface area contributed by atoms with E-state index in [-0.39, 0.29) is 5.41 Å². The number of rotatable bonds is 0. The van der Waals surface area contributed by atoms with Crippen LogP contribution in [-0.4, -0.2) is 16.0 Å². The van der Waals surface area contributed by atoms with Crippen molar-refractivity contribution < 1.29 is 10.2 Å². The van der Waals surface area contributed by atoms with E-state index in [2.05, 4.69) is 32.1 Å². The summed E-state index contributed by atoms with van der Waals surface area (Å²) in [7, 11) is 0. The molecule has 4 rings (SSSR count). The second kappa shape index (κ2) is 4.11. The van der Waals surface area contributed by atoms with Crippen molar-refractivity contribution in [1.82, 2.24) is 0 Å². The fraction of sp³-hybridized carbons (Fsp3) is 0.684. The molecule has 0 bridgehead atoms. The van der Waals surface area contributed by atoms with Crippen molar-refractivity contribution in [1.29, 1.82) is 0 Å². The second-order valence-electron chi connectivity index (χ2n) is 8.20. The van der Waals surface area contributed by atoms with E-state index in [1.807, 2.05) is 0 Å². The van der Waals surface area contributed by atoms with Gasteiger partial charge in [-0.05, 0) is 49.5 Å². The minimum Gasteiger partial charge on any atom is -0.362 e. The van der Waals surface area contributed by atoms with Crippen molar-refractivity contribution in [2.45, 2.75) is 58.2 Å². The third-order valence-electron chi connectivity index (χ3n) is 6.88. The molecule has 21 heavy (non-hydrogen) atoms. The molecule has 0 radical (unpaired) electrons. The zero-order valence-electron chi connectivity index (χ0n) is 13.1. The molecule has 2 heteroatoms. The zero-order chi connectivity index (χ0) is 14.9. The normalized spacial score (nSPS) is 47.0. The maximum atomic E-state index is 9.96. The second-order valence-corrected chi connectivity index (χ2v) is 8.20. The largest absolute Gasteiger partial charge is 0.362 e. The molecule has 0 aromatic heterocycles.